The number of methoxy groups -OCH3 is 1. The summed E-state index contributed by atoms with van der Waals surface area (Å²) in [6.07, 6.45) is 4.63. The SMILES string of the molecule is CN=C(NCCc1ccncc1C)NCC(C)Oc1cccc(OC)c1. The van der Waals surface area contributed by atoms with Crippen LogP contribution in [0.25, 0.3) is 0 Å². The van der Waals surface area contributed by atoms with Gasteiger partial charge >= 0.3 is 0 Å². The zero-order valence-electron chi connectivity index (χ0n) is 16.0. The van der Waals surface area contributed by atoms with Gasteiger partial charge in [0, 0.05) is 32.1 Å². The topological polar surface area (TPSA) is 67.8 Å². The zero-order chi connectivity index (χ0) is 18.8. The predicted octanol–water partition coefficient (Wildman–Crippen LogP) is 2.57. The van der Waals surface area contributed by atoms with Crippen molar-refractivity contribution in [1.29, 1.82) is 0 Å². The van der Waals surface area contributed by atoms with E-state index in [4.69, 9.17) is 9.47 Å². The van der Waals surface area contributed by atoms with E-state index in [0.29, 0.717) is 6.54 Å². The van der Waals surface area contributed by atoms with E-state index in [-0.39, 0.29) is 6.10 Å². The van der Waals surface area contributed by atoms with Crippen LogP contribution < -0.4 is 20.1 Å². The van der Waals surface area contributed by atoms with Crippen molar-refractivity contribution in [2.24, 2.45) is 4.99 Å². The van der Waals surface area contributed by atoms with E-state index in [1.165, 1.54) is 11.1 Å². The minimum absolute atomic E-state index is 0.0110. The average molecular weight is 356 g/mol. The van der Waals surface area contributed by atoms with Crippen LogP contribution in [0.5, 0.6) is 11.5 Å². The third-order valence-corrected chi connectivity index (χ3v) is 3.98. The molecule has 140 valence electrons. The van der Waals surface area contributed by atoms with Gasteiger partial charge in [0.05, 0.1) is 13.7 Å². The molecule has 0 amide bonds. The summed E-state index contributed by atoms with van der Waals surface area (Å²) in [6.45, 7) is 5.54. The van der Waals surface area contributed by atoms with Crippen molar-refractivity contribution in [3.63, 3.8) is 0 Å². The van der Waals surface area contributed by atoms with E-state index in [0.717, 1.165) is 30.4 Å². The van der Waals surface area contributed by atoms with Gasteiger partial charge in [0.15, 0.2) is 5.96 Å². The molecule has 0 aliphatic heterocycles. The number of pyridine rings is 1. The zero-order valence-corrected chi connectivity index (χ0v) is 16.0. The van der Waals surface area contributed by atoms with E-state index in [2.05, 4.69) is 33.6 Å². The lowest BCUT2D eigenvalue weighted by atomic mass is 10.1. The van der Waals surface area contributed by atoms with Crippen LogP contribution in [0.3, 0.4) is 0 Å². The highest BCUT2D eigenvalue weighted by Crippen LogP contribution is 2.19. The number of guanidine groups is 1. The number of hydrogen-bond acceptors (Lipinski definition) is 4. The highest BCUT2D eigenvalue weighted by molar-refractivity contribution is 5.79. The van der Waals surface area contributed by atoms with Crippen molar-refractivity contribution in [2.45, 2.75) is 26.4 Å². The molecule has 1 aromatic carbocycles. The molecule has 0 aliphatic rings. The first kappa shape index (κ1) is 19.6. The molecule has 2 aromatic rings. The van der Waals surface area contributed by atoms with Crippen molar-refractivity contribution >= 4 is 5.96 Å². The molecule has 0 saturated heterocycles. The maximum Gasteiger partial charge on any atom is 0.191 e. The molecule has 26 heavy (non-hydrogen) atoms. The standard InChI is InChI=1S/C20H28N4O2/c1-15-13-22-10-8-17(15)9-11-23-20(21-3)24-14-16(2)26-19-7-5-6-18(12-19)25-4/h5-8,10,12-13,16H,9,11,14H2,1-4H3,(H2,21,23,24). The Morgan fingerprint density at radius 1 is 1.23 bits per heavy atom. The molecule has 0 saturated carbocycles. The maximum absolute atomic E-state index is 5.91. The predicted molar refractivity (Wildman–Crippen MR) is 105 cm³/mol. The molecule has 0 fully saturated rings. The van der Waals surface area contributed by atoms with Crippen LogP contribution in [-0.4, -0.2) is 44.3 Å². The van der Waals surface area contributed by atoms with Gasteiger partial charge in [0.1, 0.15) is 17.6 Å². The van der Waals surface area contributed by atoms with Crippen LogP contribution in [0.1, 0.15) is 18.1 Å². The maximum atomic E-state index is 5.91. The van der Waals surface area contributed by atoms with Crippen LogP contribution in [0.4, 0.5) is 0 Å². The second-order valence-corrected chi connectivity index (χ2v) is 6.04. The Bertz CT molecular complexity index is 718. The first-order chi connectivity index (χ1) is 12.6. The Hall–Kier alpha value is -2.76. The Kier molecular flexibility index (Phi) is 7.74. The lowest BCUT2D eigenvalue weighted by Gasteiger charge is -2.18. The van der Waals surface area contributed by atoms with Crippen LogP contribution >= 0.6 is 0 Å². The molecule has 6 nitrogen and oxygen atoms in total. The fraction of sp³-hybridized carbons (Fsp3) is 0.400. The van der Waals surface area contributed by atoms with Crippen LogP contribution in [-0.2, 0) is 6.42 Å². The number of aromatic nitrogens is 1. The summed E-state index contributed by atoms with van der Waals surface area (Å²) >= 11 is 0. The molecular weight excluding hydrogens is 328 g/mol. The number of hydrogen-bond donors (Lipinski definition) is 2. The van der Waals surface area contributed by atoms with E-state index in [1.807, 2.05) is 43.6 Å². The van der Waals surface area contributed by atoms with Gasteiger partial charge in [0.2, 0.25) is 0 Å². The Morgan fingerprint density at radius 3 is 2.77 bits per heavy atom. The molecule has 6 heteroatoms. The van der Waals surface area contributed by atoms with Crippen molar-refractivity contribution < 1.29 is 9.47 Å². The smallest absolute Gasteiger partial charge is 0.191 e. The number of aryl methyl sites for hydroxylation is 1. The van der Waals surface area contributed by atoms with Gasteiger partial charge in [-0.1, -0.05) is 6.07 Å². The molecule has 2 N–H and O–H groups in total. The molecular formula is C20H28N4O2. The first-order valence-electron chi connectivity index (χ1n) is 8.77. The molecule has 0 bridgehead atoms. The molecule has 1 unspecified atom stereocenters. The normalized spacial score (nSPS) is 12.4. The number of nitrogens with one attached hydrogen (secondary N) is 2. The minimum atomic E-state index is -0.0110. The number of benzene rings is 1. The number of rotatable bonds is 8. The van der Waals surface area contributed by atoms with Gasteiger partial charge < -0.3 is 20.1 Å². The number of nitrogens with zero attached hydrogens (tertiary/aromatic N) is 2. The third-order valence-electron chi connectivity index (χ3n) is 3.98. The Labute approximate surface area is 155 Å². The molecule has 2 rings (SSSR count). The van der Waals surface area contributed by atoms with Crippen LogP contribution in [0.15, 0.2) is 47.7 Å². The largest absolute Gasteiger partial charge is 0.497 e. The van der Waals surface area contributed by atoms with E-state index < -0.39 is 0 Å². The van der Waals surface area contributed by atoms with Gasteiger partial charge in [-0.2, -0.15) is 0 Å². The quantitative estimate of drug-likeness (QED) is 0.562. The van der Waals surface area contributed by atoms with Crippen molar-refractivity contribution in [3.05, 3.63) is 53.9 Å². The van der Waals surface area contributed by atoms with Gasteiger partial charge in [-0.15, -0.1) is 0 Å². The second-order valence-electron chi connectivity index (χ2n) is 6.04. The number of ether oxygens (including phenoxy) is 2. The van der Waals surface area contributed by atoms with Gasteiger partial charge in [-0.3, -0.25) is 9.98 Å². The third kappa shape index (κ3) is 6.27. The summed E-state index contributed by atoms with van der Waals surface area (Å²) < 4.78 is 11.1. The molecule has 0 aliphatic carbocycles. The van der Waals surface area contributed by atoms with Gasteiger partial charge in [-0.05, 0) is 49.6 Å². The highest BCUT2D eigenvalue weighted by atomic mass is 16.5. The lowest BCUT2D eigenvalue weighted by Crippen LogP contribution is -2.42. The fourth-order valence-electron chi connectivity index (χ4n) is 2.51. The second kappa shape index (κ2) is 10.3. The average Bonchev–Trinajstić information content (AvgIpc) is 2.66. The van der Waals surface area contributed by atoms with E-state index in [9.17, 15) is 0 Å². The van der Waals surface area contributed by atoms with Crippen molar-refractivity contribution in [3.8, 4) is 11.5 Å². The summed E-state index contributed by atoms with van der Waals surface area (Å²) in [5.41, 5.74) is 2.50. The van der Waals surface area contributed by atoms with E-state index in [1.54, 1.807) is 14.2 Å². The summed E-state index contributed by atoms with van der Waals surface area (Å²) in [6, 6.07) is 9.66. The summed E-state index contributed by atoms with van der Waals surface area (Å²) in [4.78, 5) is 8.37. The molecule has 1 aromatic heterocycles. The molecule has 1 heterocycles. The molecule has 1 atom stereocenters. The summed E-state index contributed by atoms with van der Waals surface area (Å²) in [7, 11) is 3.41. The van der Waals surface area contributed by atoms with Crippen LogP contribution in [0.2, 0.25) is 0 Å². The van der Waals surface area contributed by atoms with Crippen molar-refractivity contribution in [2.75, 3.05) is 27.2 Å². The van der Waals surface area contributed by atoms with Crippen molar-refractivity contribution in [1.82, 2.24) is 15.6 Å². The minimum Gasteiger partial charge on any atom is -0.497 e. The van der Waals surface area contributed by atoms with Gasteiger partial charge in [0.25, 0.3) is 0 Å². The van der Waals surface area contributed by atoms with E-state index >= 15 is 0 Å². The summed E-state index contributed by atoms with van der Waals surface area (Å²) in [5.74, 6) is 2.33. The summed E-state index contributed by atoms with van der Waals surface area (Å²) in [5, 5.41) is 6.61. The monoisotopic (exact) mass is 356 g/mol. The Balaban J connectivity index is 1.74. The lowest BCUT2D eigenvalue weighted by molar-refractivity contribution is 0.223. The Morgan fingerprint density at radius 2 is 2.04 bits per heavy atom. The fourth-order valence-corrected chi connectivity index (χ4v) is 2.51. The number of aliphatic imine (C=N–C) groups is 1. The first-order valence-corrected chi connectivity index (χ1v) is 8.77. The highest BCUT2D eigenvalue weighted by Gasteiger charge is 2.07. The molecule has 0 spiro atoms. The van der Waals surface area contributed by atoms with Gasteiger partial charge in [-0.25, -0.2) is 0 Å². The van der Waals surface area contributed by atoms with Crippen LogP contribution in [0, 0.1) is 6.92 Å². The molecule has 0 radical (unpaired) electrons.